The Bertz CT molecular complexity index is 342. The molecule has 1 saturated heterocycles. The van der Waals surface area contributed by atoms with Gasteiger partial charge in [-0.2, -0.15) is 0 Å². The van der Waals surface area contributed by atoms with Gasteiger partial charge in [0, 0.05) is 32.7 Å². The zero-order chi connectivity index (χ0) is 15.2. The third-order valence-corrected chi connectivity index (χ3v) is 4.25. The Hall–Kier alpha value is -0.600. The summed E-state index contributed by atoms with van der Waals surface area (Å²) in [5, 5.41) is 9.54. The quantitative estimate of drug-likeness (QED) is 0.785. The van der Waals surface area contributed by atoms with Crippen LogP contribution in [0.25, 0.3) is 0 Å². The average molecular weight is 284 g/mol. The third kappa shape index (κ3) is 3.73. The summed E-state index contributed by atoms with van der Waals surface area (Å²) in [4.78, 5) is 0. The third-order valence-electron chi connectivity index (χ3n) is 4.25. The summed E-state index contributed by atoms with van der Waals surface area (Å²) in [6.07, 6.45) is 1.82. The lowest BCUT2D eigenvalue weighted by molar-refractivity contribution is -0.281. The van der Waals surface area contributed by atoms with E-state index in [1.165, 1.54) is 0 Å². The summed E-state index contributed by atoms with van der Waals surface area (Å²) in [6, 6.07) is 0. The fraction of sp³-hybridized carbons (Fsp3) is 0.875. The molecular weight excluding hydrogens is 256 g/mol. The largest absolute Gasteiger partial charge is 0.396 e. The summed E-state index contributed by atoms with van der Waals surface area (Å²) in [7, 11) is 3.24. The standard InChI is InChI=1S/C16H28O4/c1-6-14(11-17)15-12(2)10-13(3)16(19-5,20-15)8-7-9-18-4/h12-15,17H,6,9-11H2,1-5H3/t12-,13+,14-,15-,16?/m0/s1. The molecule has 0 spiro atoms. The van der Waals surface area contributed by atoms with Gasteiger partial charge in [-0.25, -0.2) is 0 Å². The van der Waals surface area contributed by atoms with Crippen molar-refractivity contribution in [3.63, 3.8) is 0 Å². The first-order valence-corrected chi connectivity index (χ1v) is 7.37. The molecule has 4 heteroatoms. The van der Waals surface area contributed by atoms with Crippen LogP contribution in [0.1, 0.15) is 33.6 Å². The highest BCUT2D eigenvalue weighted by Crippen LogP contribution is 2.40. The van der Waals surface area contributed by atoms with Gasteiger partial charge >= 0.3 is 0 Å². The summed E-state index contributed by atoms with van der Waals surface area (Å²) in [6.45, 7) is 6.82. The van der Waals surface area contributed by atoms with Crippen LogP contribution in [0, 0.1) is 29.6 Å². The van der Waals surface area contributed by atoms with Crippen molar-refractivity contribution in [2.24, 2.45) is 17.8 Å². The van der Waals surface area contributed by atoms with Crippen molar-refractivity contribution < 1.29 is 19.3 Å². The summed E-state index contributed by atoms with van der Waals surface area (Å²) >= 11 is 0. The molecule has 1 unspecified atom stereocenters. The van der Waals surface area contributed by atoms with Crippen LogP contribution >= 0.6 is 0 Å². The normalized spacial score (nSPS) is 35.2. The van der Waals surface area contributed by atoms with Crippen LogP contribution in [0.3, 0.4) is 0 Å². The molecule has 1 aliphatic heterocycles. The molecule has 0 aromatic heterocycles. The van der Waals surface area contributed by atoms with Crippen LogP contribution in [0.2, 0.25) is 0 Å². The molecule has 0 aliphatic carbocycles. The zero-order valence-electron chi connectivity index (χ0n) is 13.3. The van der Waals surface area contributed by atoms with Crippen molar-refractivity contribution in [1.82, 2.24) is 0 Å². The Morgan fingerprint density at radius 1 is 1.40 bits per heavy atom. The molecule has 0 aromatic rings. The lowest BCUT2D eigenvalue weighted by Crippen LogP contribution is -2.53. The first kappa shape index (κ1) is 17.5. The van der Waals surface area contributed by atoms with E-state index in [0.717, 1.165) is 12.8 Å². The van der Waals surface area contributed by atoms with Crippen molar-refractivity contribution in [2.75, 3.05) is 27.4 Å². The van der Waals surface area contributed by atoms with E-state index in [2.05, 4.69) is 32.6 Å². The molecule has 0 amide bonds. The van der Waals surface area contributed by atoms with Crippen LogP contribution in [-0.2, 0) is 14.2 Å². The van der Waals surface area contributed by atoms with E-state index in [0.29, 0.717) is 12.5 Å². The van der Waals surface area contributed by atoms with Gasteiger partial charge in [0.15, 0.2) is 0 Å². The second kappa shape index (κ2) is 7.99. The van der Waals surface area contributed by atoms with Gasteiger partial charge in [-0.15, -0.1) is 0 Å². The average Bonchev–Trinajstić information content (AvgIpc) is 2.44. The highest BCUT2D eigenvalue weighted by atomic mass is 16.7. The minimum absolute atomic E-state index is 0.0296. The Balaban J connectivity index is 2.97. The lowest BCUT2D eigenvalue weighted by atomic mass is 9.79. The molecule has 0 saturated carbocycles. The van der Waals surface area contributed by atoms with Crippen molar-refractivity contribution in [2.45, 2.75) is 45.5 Å². The lowest BCUT2D eigenvalue weighted by Gasteiger charge is -2.46. The van der Waals surface area contributed by atoms with Gasteiger partial charge in [0.2, 0.25) is 5.79 Å². The molecule has 116 valence electrons. The van der Waals surface area contributed by atoms with Crippen molar-refractivity contribution in [3.8, 4) is 11.8 Å². The minimum Gasteiger partial charge on any atom is -0.396 e. The number of aliphatic hydroxyl groups excluding tert-OH is 1. The number of ether oxygens (including phenoxy) is 3. The smallest absolute Gasteiger partial charge is 0.236 e. The van der Waals surface area contributed by atoms with Crippen LogP contribution in [0.5, 0.6) is 0 Å². The molecule has 1 heterocycles. The van der Waals surface area contributed by atoms with Crippen molar-refractivity contribution in [1.29, 1.82) is 0 Å². The predicted octanol–water partition coefficient (Wildman–Crippen LogP) is 2.06. The summed E-state index contributed by atoms with van der Waals surface area (Å²) in [5.74, 6) is 5.84. The van der Waals surface area contributed by atoms with E-state index < -0.39 is 5.79 Å². The topological polar surface area (TPSA) is 47.9 Å². The molecular formula is C16H28O4. The van der Waals surface area contributed by atoms with E-state index in [1.54, 1.807) is 14.2 Å². The zero-order valence-corrected chi connectivity index (χ0v) is 13.3. The summed E-state index contributed by atoms with van der Waals surface area (Å²) in [5.41, 5.74) is 0. The molecule has 1 fully saturated rings. The maximum atomic E-state index is 9.54. The maximum absolute atomic E-state index is 9.54. The van der Waals surface area contributed by atoms with Crippen molar-refractivity contribution >= 4 is 0 Å². The first-order chi connectivity index (χ1) is 9.54. The molecule has 20 heavy (non-hydrogen) atoms. The number of methoxy groups -OCH3 is 2. The molecule has 4 nitrogen and oxygen atoms in total. The van der Waals surface area contributed by atoms with Crippen LogP contribution in [0.4, 0.5) is 0 Å². The van der Waals surface area contributed by atoms with E-state index in [1.807, 2.05) is 0 Å². The molecule has 0 radical (unpaired) electrons. The van der Waals surface area contributed by atoms with Gasteiger partial charge in [0.25, 0.3) is 0 Å². The molecule has 0 bridgehead atoms. The van der Waals surface area contributed by atoms with Gasteiger partial charge in [-0.05, 0) is 24.7 Å². The van der Waals surface area contributed by atoms with Gasteiger partial charge in [0.1, 0.15) is 6.61 Å². The van der Waals surface area contributed by atoms with Crippen LogP contribution < -0.4 is 0 Å². The molecule has 1 N–H and O–H groups in total. The van der Waals surface area contributed by atoms with Gasteiger partial charge < -0.3 is 19.3 Å². The Morgan fingerprint density at radius 2 is 2.10 bits per heavy atom. The molecule has 1 rings (SSSR count). The molecule has 5 atom stereocenters. The highest BCUT2D eigenvalue weighted by molar-refractivity contribution is 5.14. The first-order valence-electron chi connectivity index (χ1n) is 7.37. The van der Waals surface area contributed by atoms with Crippen molar-refractivity contribution in [3.05, 3.63) is 0 Å². The summed E-state index contributed by atoms with van der Waals surface area (Å²) < 4.78 is 16.8. The fourth-order valence-electron chi connectivity index (χ4n) is 2.99. The Morgan fingerprint density at radius 3 is 2.60 bits per heavy atom. The second-order valence-corrected chi connectivity index (χ2v) is 5.65. The van der Waals surface area contributed by atoms with E-state index >= 15 is 0 Å². The van der Waals surface area contributed by atoms with E-state index in [-0.39, 0.29) is 24.5 Å². The van der Waals surface area contributed by atoms with Crippen LogP contribution in [-0.4, -0.2) is 44.4 Å². The monoisotopic (exact) mass is 284 g/mol. The maximum Gasteiger partial charge on any atom is 0.236 e. The number of aliphatic hydroxyl groups is 1. The fourth-order valence-corrected chi connectivity index (χ4v) is 2.99. The van der Waals surface area contributed by atoms with E-state index in [9.17, 15) is 5.11 Å². The van der Waals surface area contributed by atoms with E-state index in [4.69, 9.17) is 14.2 Å². The van der Waals surface area contributed by atoms with Crippen LogP contribution in [0.15, 0.2) is 0 Å². The molecule has 1 aliphatic rings. The number of hydrogen-bond donors (Lipinski definition) is 1. The minimum atomic E-state index is -0.891. The van der Waals surface area contributed by atoms with Gasteiger partial charge in [-0.3, -0.25) is 0 Å². The number of hydrogen-bond acceptors (Lipinski definition) is 4. The SMILES string of the molecule is CC[C@@H](CO)[C@H]1OC(C#CCOC)(OC)[C@H](C)C[C@@H]1C. The Labute approximate surface area is 122 Å². The van der Waals surface area contributed by atoms with Gasteiger partial charge in [-0.1, -0.05) is 26.7 Å². The Kier molecular flexibility index (Phi) is 6.97. The van der Waals surface area contributed by atoms with Gasteiger partial charge in [0.05, 0.1) is 6.10 Å². The number of rotatable bonds is 5. The second-order valence-electron chi connectivity index (χ2n) is 5.65. The molecule has 0 aromatic carbocycles. The predicted molar refractivity (Wildman–Crippen MR) is 78.1 cm³/mol. The highest BCUT2D eigenvalue weighted by Gasteiger charge is 2.47.